The molecule has 0 bridgehead atoms. The van der Waals surface area contributed by atoms with Crippen LogP contribution in [0.1, 0.15) is 23.2 Å². The maximum Gasteiger partial charge on any atom is 0.387 e. The van der Waals surface area contributed by atoms with E-state index in [0.29, 0.717) is 11.3 Å². The molecule has 0 heterocycles. The third kappa shape index (κ3) is 7.90. The summed E-state index contributed by atoms with van der Waals surface area (Å²) in [4.78, 5) is 36.6. The topological polar surface area (TPSA) is 81.7 Å². The zero-order valence-electron chi connectivity index (χ0n) is 15.5. The number of halogens is 2. The van der Waals surface area contributed by atoms with Gasteiger partial charge < -0.3 is 14.8 Å². The number of ketones is 1. The van der Waals surface area contributed by atoms with Gasteiger partial charge in [-0.1, -0.05) is 12.1 Å². The highest BCUT2D eigenvalue weighted by molar-refractivity contribution is 7.98. The average Bonchev–Trinajstić information content (AvgIpc) is 2.71. The van der Waals surface area contributed by atoms with Gasteiger partial charge in [0.1, 0.15) is 5.75 Å². The van der Waals surface area contributed by atoms with Gasteiger partial charge in [0.05, 0.1) is 6.42 Å². The quantitative estimate of drug-likeness (QED) is 0.351. The number of esters is 1. The molecule has 1 amide bonds. The third-order valence-corrected chi connectivity index (χ3v) is 4.44. The van der Waals surface area contributed by atoms with Gasteiger partial charge in [-0.2, -0.15) is 8.78 Å². The second-order valence-electron chi connectivity index (χ2n) is 5.76. The molecular formula is C20H19F2NO5S. The Morgan fingerprint density at radius 2 is 1.66 bits per heavy atom. The molecule has 0 fully saturated rings. The number of thioether (sulfide) groups is 1. The van der Waals surface area contributed by atoms with E-state index in [0.717, 1.165) is 4.90 Å². The van der Waals surface area contributed by atoms with Crippen LogP contribution in [-0.4, -0.2) is 37.1 Å². The van der Waals surface area contributed by atoms with E-state index < -0.39 is 25.1 Å². The molecule has 0 aliphatic rings. The molecule has 2 aromatic rings. The molecule has 9 heteroatoms. The van der Waals surface area contributed by atoms with Crippen LogP contribution >= 0.6 is 11.8 Å². The van der Waals surface area contributed by atoms with Gasteiger partial charge in [0.2, 0.25) is 0 Å². The highest BCUT2D eigenvalue weighted by Gasteiger charge is 2.12. The molecule has 154 valence electrons. The number of alkyl halides is 2. The number of carbonyl (C=O) groups is 3. The maximum absolute atomic E-state index is 12.1. The smallest absolute Gasteiger partial charge is 0.387 e. The van der Waals surface area contributed by atoms with Crippen molar-refractivity contribution in [3.63, 3.8) is 0 Å². The van der Waals surface area contributed by atoms with Crippen LogP contribution in [0.3, 0.4) is 0 Å². The molecule has 0 aromatic heterocycles. The highest BCUT2D eigenvalue weighted by atomic mass is 32.2. The van der Waals surface area contributed by atoms with Crippen LogP contribution in [0.4, 0.5) is 14.5 Å². The molecule has 2 aromatic carbocycles. The fourth-order valence-corrected chi connectivity index (χ4v) is 2.68. The molecule has 2 rings (SSSR count). The molecular weight excluding hydrogens is 404 g/mol. The summed E-state index contributed by atoms with van der Waals surface area (Å²) in [7, 11) is 0. The summed E-state index contributed by atoms with van der Waals surface area (Å²) in [5, 5.41) is 2.45. The van der Waals surface area contributed by atoms with E-state index in [2.05, 4.69) is 10.1 Å². The SMILES string of the molecule is CSc1ccc(C(=O)CCC(=O)OCC(=O)Nc2ccc(OC(F)F)cc2)cc1. The molecule has 6 nitrogen and oxygen atoms in total. The minimum absolute atomic E-state index is 0.0231. The van der Waals surface area contributed by atoms with Gasteiger partial charge in [0.15, 0.2) is 12.4 Å². The summed E-state index contributed by atoms with van der Waals surface area (Å²) in [5.74, 6) is -1.50. The van der Waals surface area contributed by atoms with Gasteiger partial charge in [-0.15, -0.1) is 11.8 Å². The van der Waals surface area contributed by atoms with Crippen molar-refractivity contribution in [1.82, 2.24) is 0 Å². The predicted molar refractivity (Wildman–Crippen MR) is 104 cm³/mol. The minimum atomic E-state index is -2.93. The summed E-state index contributed by atoms with van der Waals surface area (Å²) in [6, 6.07) is 12.3. The molecule has 0 saturated carbocycles. The number of carbonyl (C=O) groups excluding carboxylic acids is 3. The number of nitrogens with one attached hydrogen (secondary N) is 1. The van der Waals surface area contributed by atoms with Crippen LogP contribution in [0.5, 0.6) is 5.75 Å². The van der Waals surface area contributed by atoms with E-state index in [9.17, 15) is 23.2 Å². The minimum Gasteiger partial charge on any atom is -0.456 e. The largest absolute Gasteiger partial charge is 0.456 e. The number of rotatable bonds is 10. The van der Waals surface area contributed by atoms with E-state index in [1.54, 1.807) is 23.9 Å². The van der Waals surface area contributed by atoms with Crippen molar-refractivity contribution < 1.29 is 32.6 Å². The van der Waals surface area contributed by atoms with E-state index in [4.69, 9.17) is 4.74 Å². The number of benzene rings is 2. The lowest BCUT2D eigenvalue weighted by atomic mass is 10.1. The van der Waals surface area contributed by atoms with Crippen molar-refractivity contribution in [2.45, 2.75) is 24.3 Å². The Hall–Kier alpha value is -2.94. The first-order valence-electron chi connectivity index (χ1n) is 8.55. The molecule has 0 aliphatic carbocycles. The van der Waals surface area contributed by atoms with Crippen LogP contribution in [0.2, 0.25) is 0 Å². The van der Waals surface area contributed by atoms with Crippen molar-refractivity contribution >= 4 is 35.1 Å². The zero-order chi connectivity index (χ0) is 21.2. The molecule has 29 heavy (non-hydrogen) atoms. The Bertz CT molecular complexity index is 841. The average molecular weight is 423 g/mol. The summed E-state index contributed by atoms with van der Waals surface area (Å²) < 4.78 is 33.2. The van der Waals surface area contributed by atoms with Crippen molar-refractivity contribution in [2.75, 3.05) is 18.2 Å². The second kappa shape index (κ2) is 11.2. The highest BCUT2D eigenvalue weighted by Crippen LogP contribution is 2.18. The second-order valence-corrected chi connectivity index (χ2v) is 6.64. The predicted octanol–water partition coefficient (Wildman–Crippen LogP) is 4.15. The lowest BCUT2D eigenvalue weighted by Gasteiger charge is -2.08. The summed E-state index contributed by atoms with van der Waals surface area (Å²) >= 11 is 1.56. The molecule has 0 aliphatic heterocycles. The van der Waals surface area contributed by atoms with Crippen molar-refractivity contribution in [1.29, 1.82) is 0 Å². The summed E-state index contributed by atoms with van der Waals surface area (Å²) in [6.45, 7) is -3.46. The van der Waals surface area contributed by atoms with E-state index in [1.807, 2.05) is 18.4 Å². The van der Waals surface area contributed by atoms with Gasteiger partial charge in [0, 0.05) is 22.6 Å². The molecule has 0 saturated heterocycles. The Morgan fingerprint density at radius 1 is 1.00 bits per heavy atom. The van der Waals surface area contributed by atoms with E-state index in [1.165, 1.54) is 24.3 Å². The fourth-order valence-electron chi connectivity index (χ4n) is 2.27. The number of hydrogen-bond donors (Lipinski definition) is 1. The van der Waals surface area contributed by atoms with Gasteiger partial charge in [-0.05, 0) is 42.7 Å². The summed E-state index contributed by atoms with van der Waals surface area (Å²) in [5.41, 5.74) is 0.837. The Labute approximate surface area is 170 Å². The molecule has 1 N–H and O–H groups in total. The van der Waals surface area contributed by atoms with Crippen molar-refractivity contribution in [3.05, 3.63) is 54.1 Å². The van der Waals surface area contributed by atoms with Crippen LogP contribution in [-0.2, 0) is 14.3 Å². The zero-order valence-corrected chi connectivity index (χ0v) is 16.3. The first-order chi connectivity index (χ1) is 13.9. The Morgan fingerprint density at radius 3 is 2.24 bits per heavy atom. The third-order valence-electron chi connectivity index (χ3n) is 3.70. The standard InChI is InChI=1S/C20H19F2NO5S/c1-29-16-8-2-13(3-9-16)17(24)10-11-19(26)27-12-18(25)23-14-4-6-15(7-5-14)28-20(21)22/h2-9,20H,10-12H2,1H3,(H,23,25). The number of Topliss-reactive ketones (excluding diaryl/α,β-unsaturated/α-hetero) is 1. The first kappa shape index (κ1) is 22.4. The monoisotopic (exact) mass is 423 g/mol. The lowest BCUT2D eigenvalue weighted by molar-refractivity contribution is -0.147. The molecule has 0 atom stereocenters. The van der Waals surface area contributed by atoms with Crippen molar-refractivity contribution in [2.24, 2.45) is 0 Å². The van der Waals surface area contributed by atoms with Crippen molar-refractivity contribution in [3.8, 4) is 5.75 Å². The number of ether oxygens (including phenoxy) is 2. The first-order valence-corrected chi connectivity index (χ1v) is 9.77. The van der Waals surface area contributed by atoms with E-state index in [-0.39, 0.29) is 24.4 Å². The lowest BCUT2D eigenvalue weighted by Crippen LogP contribution is -2.21. The van der Waals surface area contributed by atoms with Gasteiger partial charge in [-0.3, -0.25) is 14.4 Å². The Balaban J connectivity index is 1.71. The van der Waals surface area contributed by atoms with Gasteiger partial charge in [-0.25, -0.2) is 0 Å². The Kier molecular flexibility index (Phi) is 8.60. The normalized spacial score (nSPS) is 10.5. The van der Waals surface area contributed by atoms with Gasteiger partial charge >= 0.3 is 12.6 Å². The van der Waals surface area contributed by atoms with Gasteiger partial charge in [0.25, 0.3) is 5.91 Å². The van der Waals surface area contributed by atoms with Crippen LogP contribution in [0, 0.1) is 0 Å². The van der Waals surface area contributed by atoms with Crippen LogP contribution in [0.25, 0.3) is 0 Å². The maximum atomic E-state index is 12.1. The molecule has 0 radical (unpaired) electrons. The fraction of sp³-hybridized carbons (Fsp3) is 0.250. The molecule has 0 spiro atoms. The van der Waals surface area contributed by atoms with Crippen LogP contribution < -0.4 is 10.1 Å². The number of anilines is 1. The summed E-state index contributed by atoms with van der Waals surface area (Å²) in [6.07, 6.45) is 1.76. The number of amides is 1. The number of hydrogen-bond acceptors (Lipinski definition) is 6. The molecule has 0 unspecified atom stereocenters. The van der Waals surface area contributed by atoms with Crippen LogP contribution in [0.15, 0.2) is 53.4 Å². The van der Waals surface area contributed by atoms with E-state index >= 15 is 0 Å².